The first-order valence-corrected chi connectivity index (χ1v) is 7.39. The quantitative estimate of drug-likeness (QED) is 0.799. The molecule has 2 nitrogen and oxygen atoms in total. The van der Waals surface area contributed by atoms with Gasteiger partial charge in [0.15, 0.2) is 0 Å². The van der Waals surface area contributed by atoms with Crippen LogP contribution < -0.4 is 0 Å². The highest BCUT2D eigenvalue weighted by Gasteiger charge is 2.44. The Morgan fingerprint density at radius 3 is 2.21 bits per heavy atom. The van der Waals surface area contributed by atoms with E-state index in [1.165, 1.54) is 36.8 Å². The molecule has 1 aromatic rings. The highest BCUT2D eigenvalue weighted by molar-refractivity contribution is 5.53. The normalized spacial score (nSPS) is 29.4. The molecule has 102 valence electrons. The molecule has 0 aromatic heterocycles. The molecule has 1 heterocycles. The summed E-state index contributed by atoms with van der Waals surface area (Å²) in [6.07, 6.45) is 7.85. The van der Waals surface area contributed by atoms with Crippen molar-refractivity contribution >= 4 is 6.08 Å². The lowest BCUT2D eigenvalue weighted by Crippen LogP contribution is -2.37. The van der Waals surface area contributed by atoms with Crippen LogP contribution in [0, 0.1) is 0 Å². The van der Waals surface area contributed by atoms with Gasteiger partial charge < -0.3 is 0 Å². The summed E-state index contributed by atoms with van der Waals surface area (Å²) in [5.41, 5.74) is 2.67. The van der Waals surface area contributed by atoms with Crippen LogP contribution in [0.3, 0.4) is 0 Å². The molecular formula is C17H24N2. The third kappa shape index (κ3) is 2.03. The van der Waals surface area contributed by atoms with E-state index in [0.29, 0.717) is 6.17 Å². The van der Waals surface area contributed by atoms with Crippen molar-refractivity contribution in [1.82, 2.24) is 9.80 Å². The lowest BCUT2D eigenvalue weighted by molar-refractivity contribution is 0.164. The van der Waals surface area contributed by atoms with Crippen molar-refractivity contribution < 1.29 is 0 Å². The van der Waals surface area contributed by atoms with Gasteiger partial charge in [-0.15, -0.1) is 0 Å². The second kappa shape index (κ2) is 5.10. The first kappa shape index (κ1) is 12.9. The van der Waals surface area contributed by atoms with E-state index in [2.05, 4.69) is 54.7 Å². The third-order valence-corrected chi connectivity index (χ3v) is 5.01. The molecule has 2 fully saturated rings. The number of rotatable bonds is 2. The van der Waals surface area contributed by atoms with Crippen molar-refractivity contribution in [3.63, 3.8) is 0 Å². The maximum Gasteiger partial charge on any atom is 0.0892 e. The number of fused-ring (bicyclic) bond motifs is 1. The summed E-state index contributed by atoms with van der Waals surface area (Å²) in [5, 5.41) is 0. The summed E-state index contributed by atoms with van der Waals surface area (Å²) >= 11 is 0. The zero-order chi connectivity index (χ0) is 13.4. The first-order valence-electron chi connectivity index (χ1n) is 7.39. The molecule has 0 spiro atoms. The average Bonchev–Trinajstić information content (AvgIpc) is 2.71. The lowest BCUT2D eigenvalue weighted by Gasteiger charge is -2.29. The van der Waals surface area contributed by atoms with E-state index < -0.39 is 0 Å². The van der Waals surface area contributed by atoms with Crippen LogP contribution in [0.2, 0.25) is 0 Å². The molecule has 1 aromatic carbocycles. The molecule has 19 heavy (non-hydrogen) atoms. The maximum absolute atomic E-state index is 3.97. The fourth-order valence-electron chi connectivity index (χ4n) is 4.06. The molecule has 0 unspecified atom stereocenters. The minimum atomic E-state index is 0.405. The molecule has 0 amide bonds. The van der Waals surface area contributed by atoms with Gasteiger partial charge in [0, 0.05) is 12.1 Å². The zero-order valence-electron chi connectivity index (χ0n) is 12.0. The van der Waals surface area contributed by atoms with Crippen molar-refractivity contribution in [3.8, 4) is 0 Å². The molecule has 0 bridgehead atoms. The minimum absolute atomic E-state index is 0.405. The molecule has 1 saturated carbocycles. The Labute approximate surface area is 116 Å². The van der Waals surface area contributed by atoms with E-state index in [1.54, 1.807) is 0 Å². The molecule has 0 radical (unpaired) electrons. The summed E-state index contributed by atoms with van der Waals surface area (Å²) in [6.45, 7) is 3.97. The lowest BCUT2D eigenvalue weighted by atomic mass is 9.91. The molecule has 1 aliphatic carbocycles. The smallest absolute Gasteiger partial charge is 0.0892 e. The van der Waals surface area contributed by atoms with Crippen LogP contribution in [-0.2, 0) is 0 Å². The van der Waals surface area contributed by atoms with Gasteiger partial charge in [0.1, 0.15) is 0 Å². The van der Waals surface area contributed by atoms with Gasteiger partial charge in [0.2, 0.25) is 0 Å². The Kier molecular flexibility index (Phi) is 3.46. The van der Waals surface area contributed by atoms with Crippen LogP contribution in [0.4, 0.5) is 0 Å². The Morgan fingerprint density at radius 2 is 1.63 bits per heavy atom. The maximum atomic E-state index is 3.97. The highest BCUT2D eigenvalue weighted by Crippen LogP contribution is 2.42. The minimum Gasteiger partial charge on any atom is -0.283 e. The number of nitrogens with zero attached hydrogens (tertiary/aromatic N) is 2. The Balaban J connectivity index is 1.98. The summed E-state index contributed by atoms with van der Waals surface area (Å²) in [4.78, 5) is 5.15. The van der Waals surface area contributed by atoms with Crippen LogP contribution in [0.1, 0.15) is 43.0 Å². The van der Waals surface area contributed by atoms with Crippen molar-refractivity contribution in [2.45, 2.75) is 43.9 Å². The van der Waals surface area contributed by atoms with E-state index in [4.69, 9.17) is 0 Å². The van der Waals surface area contributed by atoms with Crippen LogP contribution in [0.15, 0.2) is 30.8 Å². The highest BCUT2D eigenvalue weighted by atomic mass is 15.4. The molecule has 2 heteroatoms. The number of hydrogen-bond acceptors (Lipinski definition) is 2. The van der Waals surface area contributed by atoms with Crippen molar-refractivity contribution in [2.24, 2.45) is 0 Å². The summed E-state index contributed by atoms with van der Waals surface area (Å²) < 4.78 is 0. The Bertz CT molecular complexity index is 450. The number of likely N-dealkylation sites (N-methyl/N-ethyl adjacent to an activating group) is 2. The van der Waals surface area contributed by atoms with E-state index in [-0.39, 0.29) is 0 Å². The monoisotopic (exact) mass is 256 g/mol. The average molecular weight is 256 g/mol. The summed E-state index contributed by atoms with van der Waals surface area (Å²) in [6, 6.07) is 10.1. The molecular weight excluding hydrogens is 232 g/mol. The van der Waals surface area contributed by atoms with E-state index in [1.807, 2.05) is 6.08 Å². The van der Waals surface area contributed by atoms with E-state index >= 15 is 0 Å². The van der Waals surface area contributed by atoms with Gasteiger partial charge in [-0.3, -0.25) is 9.80 Å². The fourth-order valence-corrected chi connectivity index (χ4v) is 4.06. The SMILES string of the molecule is C=Cc1ccccc1C1N(C)[C@@H]2CCCC[C@H]2N1C. The molecule has 2 aliphatic rings. The van der Waals surface area contributed by atoms with Gasteiger partial charge in [0.05, 0.1) is 6.17 Å². The second-order valence-corrected chi connectivity index (χ2v) is 5.96. The zero-order valence-corrected chi connectivity index (χ0v) is 12.0. The van der Waals surface area contributed by atoms with Gasteiger partial charge in [0.25, 0.3) is 0 Å². The molecule has 1 saturated heterocycles. The summed E-state index contributed by atoms with van der Waals surface area (Å²) in [7, 11) is 4.58. The largest absolute Gasteiger partial charge is 0.283 e. The van der Waals surface area contributed by atoms with Gasteiger partial charge in [-0.1, -0.05) is 49.8 Å². The predicted molar refractivity (Wildman–Crippen MR) is 80.8 cm³/mol. The third-order valence-electron chi connectivity index (χ3n) is 5.01. The van der Waals surface area contributed by atoms with Gasteiger partial charge in [-0.2, -0.15) is 0 Å². The number of benzene rings is 1. The van der Waals surface area contributed by atoms with Gasteiger partial charge in [-0.05, 0) is 38.1 Å². The molecule has 3 rings (SSSR count). The first-order chi connectivity index (χ1) is 9.24. The molecule has 1 aliphatic heterocycles. The fraction of sp³-hybridized carbons (Fsp3) is 0.529. The van der Waals surface area contributed by atoms with Crippen LogP contribution in [0.25, 0.3) is 6.08 Å². The van der Waals surface area contributed by atoms with Gasteiger partial charge in [-0.25, -0.2) is 0 Å². The van der Waals surface area contributed by atoms with Crippen LogP contribution >= 0.6 is 0 Å². The standard InChI is InChI=1S/C17H24N2/c1-4-13-9-5-6-10-14(13)17-18(2)15-11-7-8-12-16(15)19(17)3/h4-6,9-10,15-17H,1,7-8,11-12H2,2-3H3/t15-,16-/m1/s1. The van der Waals surface area contributed by atoms with Crippen LogP contribution in [0.5, 0.6) is 0 Å². The summed E-state index contributed by atoms with van der Waals surface area (Å²) in [5.74, 6) is 0. The topological polar surface area (TPSA) is 6.48 Å². The van der Waals surface area contributed by atoms with E-state index in [0.717, 1.165) is 12.1 Å². The van der Waals surface area contributed by atoms with E-state index in [9.17, 15) is 0 Å². The predicted octanol–water partition coefficient (Wildman–Crippen LogP) is 3.52. The van der Waals surface area contributed by atoms with Gasteiger partial charge >= 0.3 is 0 Å². The second-order valence-electron chi connectivity index (χ2n) is 5.96. The Morgan fingerprint density at radius 1 is 1.05 bits per heavy atom. The van der Waals surface area contributed by atoms with Crippen molar-refractivity contribution in [1.29, 1.82) is 0 Å². The molecule has 2 atom stereocenters. The van der Waals surface area contributed by atoms with Crippen LogP contribution in [-0.4, -0.2) is 36.0 Å². The molecule has 0 N–H and O–H groups in total. The van der Waals surface area contributed by atoms with Crippen molar-refractivity contribution in [2.75, 3.05) is 14.1 Å². The Hall–Kier alpha value is -1.12. The number of hydrogen-bond donors (Lipinski definition) is 0. The van der Waals surface area contributed by atoms with Crippen molar-refractivity contribution in [3.05, 3.63) is 42.0 Å².